The third kappa shape index (κ3) is 15.4. The fourth-order valence-electron chi connectivity index (χ4n) is 14.7. The zero-order chi connectivity index (χ0) is 61.5. The lowest BCUT2D eigenvalue weighted by molar-refractivity contribution is -0.164. The van der Waals surface area contributed by atoms with Crippen molar-refractivity contribution in [1.82, 2.24) is 15.5 Å². The highest BCUT2D eigenvalue weighted by Gasteiger charge is 2.60. The number of hydrogen-bond donors (Lipinski definition) is 3. The van der Waals surface area contributed by atoms with Gasteiger partial charge in [0.2, 0.25) is 6.79 Å². The topological polar surface area (TPSA) is 190 Å². The van der Waals surface area contributed by atoms with Crippen LogP contribution in [0.4, 0.5) is 0 Å². The van der Waals surface area contributed by atoms with Crippen molar-refractivity contribution in [3.63, 3.8) is 0 Å². The van der Waals surface area contributed by atoms with Crippen LogP contribution in [0.3, 0.4) is 0 Å². The molecule has 0 aliphatic carbocycles. The lowest BCUT2D eigenvalue weighted by atomic mass is 9.74. The molecule has 16 nitrogen and oxygen atoms in total. The number of rotatable bonds is 33. The number of nitrogens with zero attached hydrogens (tertiary/aromatic N) is 1. The summed E-state index contributed by atoms with van der Waals surface area (Å²) in [6, 6.07) is 3.11. The Balaban J connectivity index is 0.977. The van der Waals surface area contributed by atoms with Crippen LogP contribution in [-0.2, 0) is 42.3 Å². The maximum Gasteiger partial charge on any atom is 0.331 e. The van der Waals surface area contributed by atoms with Gasteiger partial charge in [0.1, 0.15) is 18.6 Å². The van der Waals surface area contributed by atoms with E-state index < -0.39 is 53.1 Å². The monoisotopic (exact) mass is 1220 g/mol. The van der Waals surface area contributed by atoms with Gasteiger partial charge in [-0.2, -0.15) is 0 Å². The lowest BCUT2D eigenvalue weighted by Crippen LogP contribution is -2.70. The molecule has 7 aliphatic rings. The maximum atomic E-state index is 15.4. The van der Waals surface area contributed by atoms with Gasteiger partial charge in [-0.1, -0.05) is 174 Å². The Hall–Kier alpha value is -5.07. The minimum absolute atomic E-state index is 0.0851. The van der Waals surface area contributed by atoms with E-state index in [-0.39, 0.29) is 43.9 Å². The predicted molar refractivity (Wildman–Crippen MR) is 339 cm³/mol. The first-order valence-electron chi connectivity index (χ1n) is 33.6. The van der Waals surface area contributed by atoms with E-state index in [4.69, 9.17) is 37.9 Å². The van der Waals surface area contributed by atoms with Gasteiger partial charge in [0.15, 0.2) is 40.0 Å². The van der Waals surface area contributed by atoms with E-state index >= 15 is 4.79 Å². The number of aryl methyl sites for hydroxylation is 1. The molecule has 2 fully saturated rings. The molecular formula is C70H101N3O13S. The molecule has 4 bridgehead atoms. The third-order valence-corrected chi connectivity index (χ3v) is 20.6. The Morgan fingerprint density at radius 1 is 0.655 bits per heavy atom. The highest BCUT2D eigenvalue weighted by molar-refractivity contribution is 7.99. The van der Waals surface area contributed by atoms with Gasteiger partial charge in [0.05, 0.1) is 37.6 Å². The van der Waals surface area contributed by atoms with Crippen LogP contribution in [0, 0.1) is 13.8 Å². The molecule has 0 aromatic heterocycles. The molecular weight excluding hydrogens is 1120 g/mol. The quantitative estimate of drug-likeness (QED) is 0.0296. The van der Waals surface area contributed by atoms with E-state index in [9.17, 15) is 19.5 Å². The first-order valence-corrected chi connectivity index (χ1v) is 34.6. The molecule has 0 saturated carbocycles. The second-order valence-corrected chi connectivity index (χ2v) is 26.5. The van der Waals surface area contributed by atoms with Crippen molar-refractivity contribution in [3.05, 3.63) is 62.7 Å². The van der Waals surface area contributed by atoms with Crippen LogP contribution in [0.25, 0.3) is 0 Å². The van der Waals surface area contributed by atoms with Gasteiger partial charge in [-0.25, -0.2) is 4.79 Å². The Morgan fingerprint density at radius 2 is 1.23 bits per heavy atom. The van der Waals surface area contributed by atoms with E-state index in [0.29, 0.717) is 88.3 Å². The number of benzene rings is 3. The molecule has 17 heteroatoms. The number of ether oxygens (including phenoxy) is 8. The van der Waals surface area contributed by atoms with E-state index in [1.807, 2.05) is 24.8 Å². The first-order chi connectivity index (χ1) is 42.3. The summed E-state index contributed by atoms with van der Waals surface area (Å²) in [5, 5.41) is 19.7. The number of aliphatic hydroxyl groups is 1. The second-order valence-electron chi connectivity index (χ2n) is 25.4. The van der Waals surface area contributed by atoms with Gasteiger partial charge in [0.25, 0.3) is 0 Å². The van der Waals surface area contributed by atoms with Gasteiger partial charge in [-0.15, -0.1) is 11.8 Å². The van der Waals surface area contributed by atoms with Crippen molar-refractivity contribution in [2.24, 2.45) is 0 Å². The van der Waals surface area contributed by atoms with Gasteiger partial charge >= 0.3 is 23.9 Å². The lowest BCUT2D eigenvalue weighted by Gasteiger charge is -2.59. The second kappa shape index (κ2) is 32.1. The third-order valence-electron chi connectivity index (χ3n) is 19.1. The summed E-state index contributed by atoms with van der Waals surface area (Å²) < 4.78 is 50.2. The van der Waals surface area contributed by atoms with E-state index in [2.05, 4.69) is 30.5 Å². The summed E-state index contributed by atoms with van der Waals surface area (Å²) in [5.74, 6) is 0.961. The van der Waals surface area contributed by atoms with E-state index in [0.717, 1.165) is 60.8 Å². The molecule has 3 aromatic carbocycles. The van der Waals surface area contributed by atoms with Crippen molar-refractivity contribution >= 4 is 35.6 Å². The number of carbonyl (C=O) groups excluding carboxylic acids is 4. The highest BCUT2D eigenvalue weighted by Crippen LogP contribution is 2.63. The summed E-state index contributed by atoms with van der Waals surface area (Å²) in [4.78, 5) is 58.4. The molecule has 10 rings (SSSR count). The Morgan fingerprint density at radius 3 is 1.80 bits per heavy atom. The standard InChI is InChI=1S/C70H101N3O13S/c1-8-10-12-14-16-18-20-22-24-26-28-30-32-34-55(75)85-54-40-48-36-37-71-70(50(48)41-53(54)79-6)43-87-67-59-58(65-64(82-44-83-65)46(4)63(59)84-47(5)74)52(42-81-69(70)78)73-61(67)60-57-49(39-51(72-60)68(73)77)38-45(3)62(80-7)66(57)86-56(76)35-33-31-29-27-25-23-21-19-17-15-13-11-9-2/h38,40-41,51-52,60-61,67-68,71-72,77H,8-37,39,42-44H2,1-7H3/t51-,52+,60+,61?,67-,68+,70-/m1/s1. The van der Waals surface area contributed by atoms with Gasteiger partial charge < -0.3 is 48.3 Å². The number of hydrogen-bond acceptors (Lipinski definition) is 17. The Labute approximate surface area is 522 Å². The molecule has 87 heavy (non-hydrogen) atoms. The molecule has 0 amide bonds. The summed E-state index contributed by atoms with van der Waals surface area (Å²) >= 11 is 1.48. The molecule has 480 valence electrons. The van der Waals surface area contributed by atoms with Crippen LogP contribution in [0.2, 0.25) is 0 Å². The normalized spacial score (nSPS) is 22.4. The molecule has 3 aromatic rings. The molecule has 7 aliphatic heterocycles. The van der Waals surface area contributed by atoms with Crippen LogP contribution in [0.1, 0.15) is 262 Å². The maximum absolute atomic E-state index is 15.4. The summed E-state index contributed by atoms with van der Waals surface area (Å²) in [6.45, 7) is 9.76. The number of thioether (sulfide) groups is 1. The molecule has 1 unspecified atom stereocenters. The number of nitrogens with one attached hydrogen (secondary N) is 2. The predicted octanol–water partition coefficient (Wildman–Crippen LogP) is 14.4. The number of esters is 4. The minimum Gasteiger partial charge on any atom is -0.493 e. The summed E-state index contributed by atoms with van der Waals surface area (Å²) in [7, 11) is 3.12. The molecule has 1 spiro atoms. The smallest absolute Gasteiger partial charge is 0.331 e. The van der Waals surface area contributed by atoms with Gasteiger partial charge in [-0.3, -0.25) is 24.6 Å². The van der Waals surface area contributed by atoms with E-state index in [1.165, 1.54) is 148 Å². The fourth-order valence-corrected chi connectivity index (χ4v) is 16.4. The average molecular weight is 1220 g/mol. The molecule has 7 heterocycles. The highest BCUT2D eigenvalue weighted by atomic mass is 32.2. The zero-order valence-corrected chi connectivity index (χ0v) is 54.3. The van der Waals surface area contributed by atoms with E-state index in [1.54, 1.807) is 13.2 Å². The Kier molecular flexibility index (Phi) is 24.5. The number of fused-ring (bicyclic) bond motifs is 9. The van der Waals surface area contributed by atoms with Crippen molar-refractivity contribution in [3.8, 4) is 40.2 Å². The van der Waals surface area contributed by atoms with Gasteiger partial charge in [-0.05, 0) is 73.9 Å². The molecule has 7 atom stereocenters. The van der Waals surface area contributed by atoms with Crippen molar-refractivity contribution in [1.29, 1.82) is 0 Å². The van der Waals surface area contributed by atoms with Crippen molar-refractivity contribution < 1.29 is 62.2 Å². The number of unbranched alkanes of at least 4 members (excludes halogenated alkanes) is 24. The van der Waals surface area contributed by atoms with Crippen LogP contribution >= 0.6 is 11.8 Å². The first kappa shape index (κ1) is 66.4. The van der Waals surface area contributed by atoms with Crippen molar-refractivity contribution in [2.75, 3.05) is 39.9 Å². The molecule has 3 N–H and O–H groups in total. The minimum atomic E-state index is -1.44. The van der Waals surface area contributed by atoms with Crippen LogP contribution < -0.4 is 43.8 Å². The van der Waals surface area contributed by atoms with Gasteiger partial charge in [0, 0.05) is 60.4 Å². The van der Waals surface area contributed by atoms with Crippen LogP contribution in [-0.4, -0.2) is 92.1 Å². The number of aliphatic hydroxyl groups excluding tert-OH is 1. The zero-order valence-electron chi connectivity index (χ0n) is 53.4. The molecule has 0 radical (unpaired) electrons. The van der Waals surface area contributed by atoms with Crippen molar-refractivity contribution in [2.45, 2.75) is 268 Å². The summed E-state index contributed by atoms with van der Waals surface area (Å²) in [6.07, 6.45) is 31.7. The Bertz CT molecular complexity index is 2840. The largest absolute Gasteiger partial charge is 0.493 e. The van der Waals surface area contributed by atoms with Crippen LogP contribution in [0.5, 0.6) is 40.2 Å². The number of piperazine rings is 1. The average Bonchev–Trinajstić information content (AvgIpc) is 1.44. The summed E-state index contributed by atoms with van der Waals surface area (Å²) in [5.41, 5.74) is 4.32. The SMILES string of the molecule is CCCCCCCCCCCCCCCC(=O)Oc1cc2c(cc1OC)[C@@]1(CS[C@@H]3c4c(OC(C)=O)c(C)c5c(c4[C@H](COC1=O)N1C3[C@H]3N[C@H](Cc4cc(C)c(OC)c(OC(=O)CCCCCCCCCCCCCCC)c43)[C@@H]1O)OCO5)NCC2. The van der Waals surface area contributed by atoms with Crippen LogP contribution in [0.15, 0.2) is 18.2 Å². The number of methoxy groups -OCH3 is 2. The molecule has 2 saturated heterocycles. The fraction of sp³-hybridized carbons (Fsp3) is 0.686. The number of carbonyl (C=O) groups is 4.